The smallest absolute Gasteiger partial charge is 0.263 e. The lowest BCUT2D eigenvalue weighted by atomic mass is 9.86. The van der Waals surface area contributed by atoms with Crippen LogP contribution in [0.1, 0.15) is 37.1 Å². The molecular formula is C18H18FN5OS. The molecule has 1 saturated carbocycles. The number of nitrogens with zero attached hydrogens (tertiary/aromatic N) is 4. The minimum atomic E-state index is -1.79. The average Bonchev–Trinajstić information content (AvgIpc) is 3.08. The van der Waals surface area contributed by atoms with Gasteiger partial charge in [0.05, 0.1) is 0 Å². The van der Waals surface area contributed by atoms with Gasteiger partial charge in [0.2, 0.25) is 0 Å². The van der Waals surface area contributed by atoms with Crippen LogP contribution in [0.3, 0.4) is 0 Å². The largest absolute Gasteiger partial charge is 0.308 e. The fourth-order valence-corrected chi connectivity index (χ4v) is 3.85. The maximum Gasteiger partial charge on any atom is 0.263 e. The number of aromatic nitrogens is 4. The van der Waals surface area contributed by atoms with Gasteiger partial charge in [0.1, 0.15) is 16.5 Å². The van der Waals surface area contributed by atoms with Crippen LogP contribution < -0.4 is 5.32 Å². The number of alkyl halides is 1. The van der Waals surface area contributed by atoms with Crippen molar-refractivity contribution in [2.75, 3.05) is 5.32 Å². The summed E-state index contributed by atoms with van der Waals surface area (Å²) in [4.78, 5) is 21.0. The first-order chi connectivity index (χ1) is 12.5. The number of anilines is 1. The Morgan fingerprint density at radius 1 is 1.12 bits per heavy atom. The highest BCUT2D eigenvalue weighted by atomic mass is 32.1. The number of fused-ring (bicyclic) bond motifs is 1. The Morgan fingerprint density at radius 3 is 2.62 bits per heavy atom. The molecule has 0 atom stereocenters. The molecule has 1 aliphatic rings. The number of pyridine rings is 2. The van der Waals surface area contributed by atoms with E-state index in [1.165, 1.54) is 11.3 Å². The number of rotatable bonds is 3. The number of nitrogens with one attached hydrogen (secondary N) is 1. The number of hydrogen-bond acceptors (Lipinski definition) is 6. The number of hydrogen-bond donors (Lipinski definition) is 1. The summed E-state index contributed by atoms with van der Waals surface area (Å²) < 4.78 is 14.8. The van der Waals surface area contributed by atoms with Gasteiger partial charge in [0.25, 0.3) is 5.91 Å². The van der Waals surface area contributed by atoms with Crippen molar-refractivity contribution < 1.29 is 9.18 Å². The molecule has 1 aliphatic carbocycles. The summed E-state index contributed by atoms with van der Waals surface area (Å²) in [7, 11) is 0. The topological polar surface area (TPSA) is 80.7 Å². The molecule has 6 nitrogen and oxygen atoms in total. The lowest BCUT2D eigenvalue weighted by Crippen LogP contribution is -2.40. The zero-order valence-corrected chi connectivity index (χ0v) is 15.1. The molecule has 4 rings (SSSR count). The maximum absolute atomic E-state index is 14.8. The molecule has 3 heterocycles. The van der Waals surface area contributed by atoms with Gasteiger partial charge in [0.15, 0.2) is 10.7 Å². The highest BCUT2D eigenvalue weighted by Gasteiger charge is 2.39. The standard InChI is InChI=1S/C18H18FN5OS/c1-11-23-24-16(26-11)14-7-12-8-15(21-10-13(12)9-20-14)22-17(25)18(19)5-3-2-4-6-18/h7-10H,2-6H2,1H3,(H,21,22,25). The molecule has 8 heteroatoms. The first kappa shape index (κ1) is 17.0. The van der Waals surface area contributed by atoms with Crippen LogP contribution in [-0.2, 0) is 4.79 Å². The number of amides is 1. The summed E-state index contributed by atoms with van der Waals surface area (Å²) in [5.74, 6) is -0.256. The summed E-state index contributed by atoms with van der Waals surface area (Å²) in [6.45, 7) is 1.89. The quantitative estimate of drug-likeness (QED) is 0.751. The molecule has 3 aromatic heterocycles. The Kier molecular flexibility index (Phi) is 4.36. The van der Waals surface area contributed by atoms with Crippen LogP contribution in [0.15, 0.2) is 24.5 Å². The van der Waals surface area contributed by atoms with E-state index >= 15 is 0 Å². The van der Waals surface area contributed by atoms with Crippen LogP contribution in [-0.4, -0.2) is 31.7 Å². The van der Waals surface area contributed by atoms with Gasteiger partial charge in [-0.2, -0.15) is 0 Å². The molecule has 1 N–H and O–H groups in total. The van der Waals surface area contributed by atoms with Gasteiger partial charge in [-0.3, -0.25) is 9.78 Å². The molecule has 1 amide bonds. The van der Waals surface area contributed by atoms with Crippen molar-refractivity contribution >= 4 is 33.8 Å². The fraction of sp³-hybridized carbons (Fsp3) is 0.389. The first-order valence-electron chi connectivity index (χ1n) is 8.60. The highest BCUT2D eigenvalue weighted by Crippen LogP contribution is 2.33. The summed E-state index contributed by atoms with van der Waals surface area (Å²) in [5.41, 5.74) is -1.08. The second-order valence-electron chi connectivity index (χ2n) is 6.59. The minimum Gasteiger partial charge on any atom is -0.308 e. The van der Waals surface area contributed by atoms with Crippen molar-refractivity contribution in [3.8, 4) is 10.7 Å². The van der Waals surface area contributed by atoms with E-state index in [9.17, 15) is 9.18 Å². The maximum atomic E-state index is 14.8. The van der Waals surface area contributed by atoms with Gasteiger partial charge >= 0.3 is 0 Å². The monoisotopic (exact) mass is 371 g/mol. The average molecular weight is 371 g/mol. The predicted molar refractivity (Wildman–Crippen MR) is 98.7 cm³/mol. The van der Waals surface area contributed by atoms with E-state index in [0.29, 0.717) is 11.5 Å². The molecule has 1 fully saturated rings. The second-order valence-corrected chi connectivity index (χ2v) is 7.77. The zero-order valence-electron chi connectivity index (χ0n) is 14.3. The second kappa shape index (κ2) is 6.68. The Labute approximate surface area is 153 Å². The third kappa shape index (κ3) is 3.29. The molecule has 3 aromatic rings. The van der Waals surface area contributed by atoms with E-state index in [0.717, 1.165) is 40.1 Å². The van der Waals surface area contributed by atoms with E-state index in [4.69, 9.17) is 0 Å². The van der Waals surface area contributed by atoms with Gasteiger partial charge in [-0.05, 0) is 50.1 Å². The SMILES string of the molecule is Cc1nnc(-c2cc3cc(NC(=O)C4(F)CCCCC4)ncc3cn2)s1. The normalized spacial score (nSPS) is 16.5. The van der Waals surface area contributed by atoms with Crippen LogP contribution in [0.4, 0.5) is 10.2 Å². The summed E-state index contributed by atoms with van der Waals surface area (Å²) in [6, 6.07) is 3.61. The molecule has 26 heavy (non-hydrogen) atoms. The van der Waals surface area contributed by atoms with Gasteiger partial charge in [-0.25, -0.2) is 9.37 Å². The fourth-order valence-electron chi connectivity index (χ4n) is 3.19. The molecule has 134 valence electrons. The van der Waals surface area contributed by atoms with Gasteiger partial charge in [-0.15, -0.1) is 10.2 Å². The molecule has 0 bridgehead atoms. The van der Waals surface area contributed by atoms with Crippen LogP contribution in [0.5, 0.6) is 0 Å². The molecule has 0 unspecified atom stereocenters. The Hall–Kier alpha value is -2.48. The van der Waals surface area contributed by atoms with E-state index in [1.54, 1.807) is 18.5 Å². The van der Waals surface area contributed by atoms with Gasteiger partial charge in [0, 0.05) is 17.8 Å². The predicted octanol–water partition coefficient (Wildman–Crippen LogP) is 4.07. The Balaban J connectivity index is 1.61. The minimum absolute atomic E-state index is 0.275. The van der Waals surface area contributed by atoms with Crippen molar-refractivity contribution in [2.24, 2.45) is 0 Å². The molecule has 0 radical (unpaired) electrons. The van der Waals surface area contributed by atoms with Crippen LogP contribution in [0.2, 0.25) is 0 Å². The summed E-state index contributed by atoms with van der Waals surface area (Å²) >= 11 is 1.46. The number of carbonyl (C=O) groups excluding carboxylic acids is 1. The molecule has 0 aromatic carbocycles. The number of aryl methyl sites for hydroxylation is 1. The van der Waals surface area contributed by atoms with Crippen molar-refractivity contribution in [1.82, 2.24) is 20.2 Å². The van der Waals surface area contributed by atoms with Crippen molar-refractivity contribution in [2.45, 2.75) is 44.7 Å². The van der Waals surface area contributed by atoms with Crippen molar-refractivity contribution in [1.29, 1.82) is 0 Å². The van der Waals surface area contributed by atoms with E-state index in [2.05, 4.69) is 25.5 Å². The third-order valence-electron chi connectivity index (χ3n) is 4.64. The number of carbonyl (C=O) groups is 1. The lowest BCUT2D eigenvalue weighted by Gasteiger charge is -2.27. The van der Waals surface area contributed by atoms with Crippen LogP contribution in [0.25, 0.3) is 21.5 Å². The van der Waals surface area contributed by atoms with Gasteiger partial charge in [-0.1, -0.05) is 17.8 Å². The molecule has 0 saturated heterocycles. The van der Waals surface area contributed by atoms with Crippen molar-refractivity contribution in [3.05, 3.63) is 29.5 Å². The van der Waals surface area contributed by atoms with E-state index in [-0.39, 0.29) is 12.8 Å². The van der Waals surface area contributed by atoms with E-state index in [1.807, 2.05) is 13.0 Å². The molecule has 0 aliphatic heterocycles. The first-order valence-corrected chi connectivity index (χ1v) is 9.42. The number of halogens is 1. The molecule has 0 spiro atoms. The highest BCUT2D eigenvalue weighted by molar-refractivity contribution is 7.14. The third-order valence-corrected chi connectivity index (χ3v) is 5.50. The summed E-state index contributed by atoms with van der Waals surface area (Å²) in [5, 5.41) is 14.0. The van der Waals surface area contributed by atoms with Crippen LogP contribution >= 0.6 is 11.3 Å². The Morgan fingerprint density at radius 2 is 1.88 bits per heavy atom. The van der Waals surface area contributed by atoms with Crippen molar-refractivity contribution in [3.63, 3.8) is 0 Å². The zero-order chi connectivity index (χ0) is 18.1. The molecular weight excluding hydrogens is 353 g/mol. The van der Waals surface area contributed by atoms with Gasteiger partial charge < -0.3 is 5.32 Å². The van der Waals surface area contributed by atoms with E-state index < -0.39 is 11.6 Å². The van der Waals surface area contributed by atoms with Crippen LogP contribution in [0, 0.1) is 6.92 Å². The Bertz CT molecular complexity index is 967. The summed E-state index contributed by atoms with van der Waals surface area (Å²) in [6.07, 6.45) is 6.34. The lowest BCUT2D eigenvalue weighted by molar-refractivity contribution is -0.129.